The predicted octanol–water partition coefficient (Wildman–Crippen LogP) is 6.27. The number of rotatable bonds is 8. The highest BCUT2D eigenvalue weighted by Crippen LogP contribution is 2.36. The Bertz CT molecular complexity index is 2150. The Morgan fingerprint density at radius 1 is 1.09 bits per heavy atom. The van der Waals surface area contributed by atoms with Gasteiger partial charge in [-0.2, -0.15) is 0 Å². The normalized spacial score (nSPS) is 14.6. The highest BCUT2D eigenvalue weighted by Gasteiger charge is 2.35. The van der Waals surface area contributed by atoms with Crippen molar-refractivity contribution in [1.29, 1.82) is 0 Å². The number of benzene rings is 3. The van der Waals surface area contributed by atoms with Crippen molar-refractivity contribution >= 4 is 58.4 Å². The first-order valence-corrected chi connectivity index (χ1v) is 16.3. The van der Waals surface area contributed by atoms with E-state index in [0.29, 0.717) is 37.1 Å². The van der Waals surface area contributed by atoms with E-state index in [-0.39, 0.29) is 23.3 Å². The number of ether oxygens (including phenoxy) is 1. The van der Waals surface area contributed by atoms with Gasteiger partial charge < -0.3 is 14.3 Å². The molecule has 0 amide bonds. The van der Waals surface area contributed by atoms with Crippen molar-refractivity contribution in [2.45, 2.75) is 17.9 Å². The SMILES string of the molecule is CCOC(=O)C1=C(c2ccccc2)N=c2s/c(=C\c3ccc(-c4cc(C(=O)O)ccc4Cl)o3)c(=O)n2[C@H]1c1ccc(SC)cc1. The van der Waals surface area contributed by atoms with E-state index < -0.39 is 18.0 Å². The van der Waals surface area contributed by atoms with E-state index in [4.69, 9.17) is 25.7 Å². The van der Waals surface area contributed by atoms with Gasteiger partial charge in [0, 0.05) is 22.1 Å². The number of carboxylic acid groups (broad SMARTS) is 1. The molecule has 0 aliphatic carbocycles. The molecule has 5 aromatic rings. The first-order chi connectivity index (χ1) is 21.8. The van der Waals surface area contributed by atoms with E-state index in [1.54, 1.807) is 36.9 Å². The molecule has 0 saturated carbocycles. The first kappa shape index (κ1) is 30.4. The standard InChI is InChI=1S/C34H25ClN2O6S2/c1-3-42-33(41)28-29(19-7-5-4-6-8-19)36-34-37(30(28)20-9-13-23(44-2)14-10-20)31(38)27(45-34)18-22-12-16-26(43-22)24-17-21(32(39)40)11-15-25(24)35/h4-18,30H,3H2,1-2H3,(H,39,40)/b27-18-/t30-/m0/s1. The molecule has 0 bridgehead atoms. The van der Waals surface area contributed by atoms with Crippen molar-refractivity contribution in [3.63, 3.8) is 0 Å². The number of thiazole rings is 1. The molecule has 11 heteroatoms. The highest BCUT2D eigenvalue weighted by atomic mass is 35.5. The minimum atomic E-state index is -1.09. The number of carboxylic acids is 1. The van der Waals surface area contributed by atoms with Gasteiger partial charge >= 0.3 is 11.9 Å². The Hall–Kier alpha value is -4.64. The Balaban J connectivity index is 1.54. The number of halogens is 1. The van der Waals surface area contributed by atoms with E-state index in [9.17, 15) is 19.5 Å². The van der Waals surface area contributed by atoms with Crippen LogP contribution in [0.25, 0.3) is 23.1 Å². The molecule has 0 spiro atoms. The van der Waals surface area contributed by atoms with Crippen LogP contribution in [-0.2, 0) is 9.53 Å². The van der Waals surface area contributed by atoms with Crippen molar-refractivity contribution < 1.29 is 23.8 Å². The van der Waals surface area contributed by atoms with Gasteiger partial charge in [-0.05, 0) is 61.2 Å². The molecule has 1 atom stereocenters. The molecule has 1 aliphatic rings. The third kappa shape index (κ3) is 5.92. The van der Waals surface area contributed by atoms with Crippen LogP contribution < -0.4 is 14.9 Å². The second kappa shape index (κ2) is 12.8. The van der Waals surface area contributed by atoms with Crippen LogP contribution in [0.15, 0.2) is 110 Å². The van der Waals surface area contributed by atoms with Crippen molar-refractivity contribution in [3.05, 3.63) is 138 Å². The lowest BCUT2D eigenvalue weighted by Crippen LogP contribution is -2.40. The molecule has 3 aromatic carbocycles. The van der Waals surface area contributed by atoms with Crippen LogP contribution >= 0.6 is 34.7 Å². The molecule has 0 unspecified atom stereocenters. The minimum Gasteiger partial charge on any atom is -0.478 e. The smallest absolute Gasteiger partial charge is 0.338 e. The average Bonchev–Trinajstić information content (AvgIpc) is 3.64. The number of hydrogen-bond donors (Lipinski definition) is 1. The number of aromatic carboxylic acids is 1. The molecule has 1 N–H and O–H groups in total. The Morgan fingerprint density at radius 3 is 2.53 bits per heavy atom. The van der Waals surface area contributed by atoms with Crippen LogP contribution in [0.2, 0.25) is 5.02 Å². The molecule has 2 aromatic heterocycles. The molecule has 6 rings (SSSR count). The topological polar surface area (TPSA) is 111 Å². The van der Waals surface area contributed by atoms with Gasteiger partial charge in [-0.1, -0.05) is 65.4 Å². The van der Waals surface area contributed by atoms with E-state index in [2.05, 4.69) is 0 Å². The van der Waals surface area contributed by atoms with Crippen molar-refractivity contribution in [2.75, 3.05) is 12.9 Å². The number of carbonyl (C=O) groups is 2. The zero-order valence-corrected chi connectivity index (χ0v) is 26.4. The zero-order chi connectivity index (χ0) is 31.7. The number of hydrogen-bond acceptors (Lipinski definition) is 8. The van der Waals surface area contributed by atoms with E-state index in [1.165, 1.54) is 34.1 Å². The number of aromatic nitrogens is 1. The van der Waals surface area contributed by atoms with Crippen molar-refractivity contribution in [3.8, 4) is 11.3 Å². The molecular weight excluding hydrogens is 632 g/mol. The Morgan fingerprint density at radius 2 is 1.84 bits per heavy atom. The summed E-state index contributed by atoms with van der Waals surface area (Å²) in [5.74, 6) is -0.925. The van der Waals surface area contributed by atoms with Crippen LogP contribution in [0.1, 0.15) is 40.2 Å². The molecule has 226 valence electrons. The van der Waals surface area contributed by atoms with Crippen molar-refractivity contribution in [2.24, 2.45) is 4.99 Å². The fraction of sp³-hybridized carbons (Fsp3) is 0.118. The number of nitrogens with zero attached hydrogens (tertiary/aromatic N) is 2. The second-order valence-electron chi connectivity index (χ2n) is 9.91. The van der Waals surface area contributed by atoms with Crippen LogP contribution in [0.5, 0.6) is 0 Å². The minimum absolute atomic E-state index is 0.0675. The van der Waals surface area contributed by atoms with Crippen LogP contribution in [0, 0.1) is 0 Å². The van der Waals surface area contributed by atoms with Crippen LogP contribution in [-0.4, -0.2) is 34.5 Å². The Kier molecular flexibility index (Phi) is 8.62. The van der Waals surface area contributed by atoms with Gasteiger partial charge in [0.05, 0.1) is 39.0 Å². The largest absolute Gasteiger partial charge is 0.478 e. The molecule has 45 heavy (non-hydrogen) atoms. The van der Waals surface area contributed by atoms with E-state index >= 15 is 0 Å². The lowest BCUT2D eigenvalue weighted by molar-refractivity contribution is -0.138. The van der Waals surface area contributed by atoms with Gasteiger partial charge in [-0.15, -0.1) is 11.8 Å². The summed E-state index contributed by atoms with van der Waals surface area (Å²) >= 11 is 9.12. The van der Waals surface area contributed by atoms with Gasteiger partial charge in [-0.3, -0.25) is 9.36 Å². The highest BCUT2D eigenvalue weighted by molar-refractivity contribution is 7.98. The quantitative estimate of drug-likeness (QED) is 0.155. The lowest BCUT2D eigenvalue weighted by Gasteiger charge is -2.26. The van der Waals surface area contributed by atoms with Gasteiger partial charge in [0.1, 0.15) is 11.5 Å². The predicted molar refractivity (Wildman–Crippen MR) is 175 cm³/mol. The third-order valence-electron chi connectivity index (χ3n) is 7.18. The lowest BCUT2D eigenvalue weighted by atomic mass is 9.93. The monoisotopic (exact) mass is 656 g/mol. The summed E-state index contributed by atoms with van der Waals surface area (Å²) in [5.41, 5.74) is 2.30. The summed E-state index contributed by atoms with van der Waals surface area (Å²) in [6, 6.07) is 24.0. The number of furan rings is 1. The summed E-state index contributed by atoms with van der Waals surface area (Å²) < 4.78 is 13.4. The summed E-state index contributed by atoms with van der Waals surface area (Å²) in [6.45, 7) is 1.90. The molecule has 0 fully saturated rings. The van der Waals surface area contributed by atoms with Gasteiger partial charge in [-0.25, -0.2) is 14.6 Å². The maximum atomic E-state index is 14.1. The molecule has 0 radical (unpaired) electrons. The molecular formula is C34H25ClN2O6S2. The fourth-order valence-electron chi connectivity index (χ4n) is 5.09. The molecule has 8 nitrogen and oxygen atoms in total. The summed E-state index contributed by atoms with van der Waals surface area (Å²) in [5, 5.41) is 9.73. The first-order valence-electron chi connectivity index (χ1n) is 13.8. The maximum absolute atomic E-state index is 14.1. The molecule has 1 aliphatic heterocycles. The van der Waals surface area contributed by atoms with Gasteiger partial charge in [0.15, 0.2) is 4.80 Å². The van der Waals surface area contributed by atoms with Crippen molar-refractivity contribution in [1.82, 2.24) is 4.57 Å². The molecule has 0 saturated heterocycles. The van der Waals surface area contributed by atoms with Crippen LogP contribution in [0.4, 0.5) is 0 Å². The molecule has 3 heterocycles. The Labute approximate surface area is 270 Å². The average molecular weight is 657 g/mol. The fourth-order valence-corrected chi connectivity index (χ4v) is 6.69. The van der Waals surface area contributed by atoms with Crippen LogP contribution in [0.3, 0.4) is 0 Å². The number of esters is 1. The van der Waals surface area contributed by atoms with E-state index in [1.807, 2.05) is 60.9 Å². The number of carbonyl (C=O) groups excluding carboxylic acids is 1. The van der Waals surface area contributed by atoms with E-state index in [0.717, 1.165) is 16.0 Å². The number of thioether (sulfide) groups is 1. The number of fused-ring (bicyclic) bond motifs is 1. The second-order valence-corrected chi connectivity index (χ2v) is 12.2. The van der Waals surface area contributed by atoms with Gasteiger partial charge in [0.2, 0.25) is 0 Å². The van der Waals surface area contributed by atoms with Gasteiger partial charge in [0.25, 0.3) is 5.56 Å². The third-order valence-corrected chi connectivity index (χ3v) is 9.24. The summed E-state index contributed by atoms with van der Waals surface area (Å²) in [7, 11) is 0. The summed E-state index contributed by atoms with van der Waals surface area (Å²) in [6.07, 6.45) is 3.58. The summed E-state index contributed by atoms with van der Waals surface area (Å²) in [4.78, 5) is 45.5. The zero-order valence-electron chi connectivity index (χ0n) is 24.0. The maximum Gasteiger partial charge on any atom is 0.338 e.